The van der Waals surface area contributed by atoms with Gasteiger partial charge in [-0.2, -0.15) is 0 Å². The van der Waals surface area contributed by atoms with E-state index in [-0.39, 0.29) is 11.7 Å². The number of likely N-dealkylation sites (N-methyl/N-ethyl adjacent to an activating group) is 1. The van der Waals surface area contributed by atoms with Gasteiger partial charge in [-0.1, -0.05) is 12.2 Å². The fraction of sp³-hybridized carbons (Fsp3) is 0.250. The van der Waals surface area contributed by atoms with E-state index in [1.54, 1.807) is 19.2 Å². The first-order chi connectivity index (χ1) is 7.41. The Labute approximate surface area is 109 Å². The normalized spacial score (nSPS) is 9.94. The van der Waals surface area contributed by atoms with Crippen LogP contribution >= 0.6 is 22.6 Å². The summed E-state index contributed by atoms with van der Waals surface area (Å²) in [5.41, 5.74) is 1.23. The SMILES string of the molecule is C=C(C)CN(C)C(=O)c1cc(I)ccc1O. The molecule has 0 saturated heterocycles. The molecule has 1 aromatic rings. The molecule has 0 radical (unpaired) electrons. The topological polar surface area (TPSA) is 40.5 Å². The molecule has 0 aromatic heterocycles. The first-order valence-corrected chi connectivity index (χ1v) is 5.88. The number of phenolic OH excluding ortho intramolecular Hbond substituents is 1. The van der Waals surface area contributed by atoms with Gasteiger partial charge in [0.15, 0.2) is 0 Å². The third kappa shape index (κ3) is 3.23. The highest BCUT2D eigenvalue weighted by atomic mass is 127. The maximum absolute atomic E-state index is 12.0. The van der Waals surface area contributed by atoms with E-state index in [1.165, 1.54) is 11.0 Å². The van der Waals surface area contributed by atoms with Crippen molar-refractivity contribution in [3.05, 3.63) is 39.5 Å². The lowest BCUT2D eigenvalue weighted by Crippen LogP contribution is -2.28. The average Bonchev–Trinajstić information content (AvgIpc) is 2.19. The molecule has 1 rings (SSSR count). The van der Waals surface area contributed by atoms with Crippen molar-refractivity contribution in [2.75, 3.05) is 13.6 Å². The highest BCUT2D eigenvalue weighted by molar-refractivity contribution is 14.1. The van der Waals surface area contributed by atoms with Gasteiger partial charge in [0.1, 0.15) is 5.75 Å². The van der Waals surface area contributed by atoms with Crippen LogP contribution in [0.2, 0.25) is 0 Å². The zero-order valence-electron chi connectivity index (χ0n) is 9.33. The number of phenols is 1. The van der Waals surface area contributed by atoms with Gasteiger partial charge in [-0.05, 0) is 47.7 Å². The lowest BCUT2D eigenvalue weighted by molar-refractivity contribution is 0.0804. The number of hydrogen-bond acceptors (Lipinski definition) is 2. The number of nitrogens with zero attached hydrogens (tertiary/aromatic N) is 1. The van der Waals surface area contributed by atoms with E-state index >= 15 is 0 Å². The van der Waals surface area contributed by atoms with Crippen LogP contribution < -0.4 is 0 Å². The maximum Gasteiger partial charge on any atom is 0.257 e. The molecular formula is C12H14INO2. The van der Waals surface area contributed by atoms with E-state index in [4.69, 9.17) is 0 Å². The van der Waals surface area contributed by atoms with Crippen molar-refractivity contribution in [2.45, 2.75) is 6.92 Å². The van der Waals surface area contributed by atoms with Gasteiger partial charge in [0.25, 0.3) is 5.91 Å². The summed E-state index contributed by atoms with van der Waals surface area (Å²) in [6.45, 7) is 6.10. The second kappa shape index (κ2) is 5.34. The van der Waals surface area contributed by atoms with Gasteiger partial charge in [0.2, 0.25) is 0 Å². The fourth-order valence-electron chi connectivity index (χ4n) is 1.36. The van der Waals surface area contributed by atoms with Crippen LogP contribution in [0.15, 0.2) is 30.4 Å². The zero-order chi connectivity index (χ0) is 12.3. The van der Waals surface area contributed by atoms with Gasteiger partial charge in [-0.3, -0.25) is 4.79 Å². The minimum atomic E-state index is -0.195. The minimum Gasteiger partial charge on any atom is -0.507 e. The average molecular weight is 331 g/mol. The summed E-state index contributed by atoms with van der Waals surface area (Å²) >= 11 is 2.10. The Morgan fingerprint density at radius 3 is 2.75 bits per heavy atom. The summed E-state index contributed by atoms with van der Waals surface area (Å²) in [7, 11) is 1.69. The van der Waals surface area contributed by atoms with Crippen LogP contribution in [0.1, 0.15) is 17.3 Å². The van der Waals surface area contributed by atoms with Gasteiger partial charge in [-0.25, -0.2) is 0 Å². The molecule has 0 aliphatic rings. The lowest BCUT2D eigenvalue weighted by Gasteiger charge is -2.17. The molecule has 0 aliphatic heterocycles. The molecule has 0 unspecified atom stereocenters. The standard InChI is InChI=1S/C12H14INO2/c1-8(2)7-14(3)12(16)10-6-9(13)4-5-11(10)15/h4-6,15H,1,7H2,2-3H3. The number of hydrogen-bond donors (Lipinski definition) is 1. The highest BCUT2D eigenvalue weighted by Crippen LogP contribution is 2.21. The van der Waals surface area contributed by atoms with Crippen molar-refractivity contribution < 1.29 is 9.90 Å². The van der Waals surface area contributed by atoms with E-state index in [0.29, 0.717) is 12.1 Å². The van der Waals surface area contributed by atoms with Gasteiger partial charge in [0, 0.05) is 17.2 Å². The van der Waals surface area contributed by atoms with Gasteiger partial charge in [0.05, 0.1) is 5.56 Å². The largest absolute Gasteiger partial charge is 0.507 e. The van der Waals surface area contributed by atoms with Crippen molar-refractivity contribution in [1.29, 1.82) is 0 Å². The molecule has 0 spiro atoms. The van der Waals surface area contributed by atoms with Crippen LogP contribution in [0, 0.1) is 3.57 Å². The van der Waals surface area contributed by atoms with Crippen LogP contribution in [-0.4, -0.2) is 29.5 Å². The third-order valence-corrected chi connectivity index (χ3v) is 2.71. The third-order valence-electron chi connectivity index (χ3n) is 2.04. The Hall–Kier alpha value is -1.04. The lowest BCUT2D eigenvalue weighted by atomic mass is 10.1. The number of benzene rings is 1. The Kier molecular flexibility index (Phi) is 4.35. The monoisotopic (exact) mass is 331 g/mol. The number of aromatic hydroxyl groups is 1. The van der Waals surface area contributed by atoms with Crippen LogP contribution in [0.3, 0.4) is 0 Å². The summed E-state index contributed by atoms with van der Waals surface area (Å²) in [5.74, 6) is -0.182. The predicted molar refractivity (Wildman–Crippen MR) is 72.6 cm³/mol. The number of amides is 1. The van der Waals surface area contributed by atoms with Crippen molar-refractivity contribution in [3.8, 4) is 5.75 Å². The summed E-state index contributed by atoms with van der Waals surface area (Å²) in [6.07, 6.45) is 0. The van der Waals surface area contributed by atoms with Gasteiger partial charge < -0.3 is 10.0 Å². The molecule has 0 bridgehead atoms. The molecule has 1 N–H and O–H groups in total. The smallest absolute Gasteiger partial charge is 0.257 e. The maximum atomic E-state index is 12.0. The Bertz CT molecular complexity index is 429. The zero-order valence-corrected chi connectivity index (χ0v) is 11.5. The van der Waals surface area contributed by atoms with Crippen molar-refractivity contribution in [2.24, 2.45) is 0 Å². The molecule has 1 amide bonds. The van der Waals surface area contributed by atoms with Crippen LogP contribution in [-0.2, 0) is 0 Å². The van der Waals surface area contributed by atoms with E-state index in [0.717, 1.165) is 9.14 Å². The summed E-state index contributed by atoms with van der Waals surface area (Å²) in [4.78, 5) is 13.5. The summed E-state index contributed by atoms with van der Waals surface area (Å²) < 4.78 is 0.919. The van der Waals surface area contributed by atoms with E-state index in [2.05, 4.69) is 29.2 Å². The highest BCUT2D eigenvalue weighted by Gasteiger charge is 2.15. The molecule has 3 nitrogen and oxygen atoms in total. The second-order valence-electron chi connectivity index (χ2n) is 3.78. The fourth-order valence-corrected chi connectivity index (χ4v) is 1.85. The van der Waals surface area contributed by atoms with E-state index < -0.39 is 0 Å². The molecular weight excluding hydrogens is 317 g/mol. The van der Waals surface area contributed by atoms with Crippen molar-refractivity contribution >= 4 is 28.5 Å². The Morgan fingerprint density at radius 1 is 1.56 bits per heavy atom. The quantitative estimate of drug-likeness (QED) is 0.683. The van der Waals surface area contributed by atoms with Crippen LogP contribution in [0.25, 0.3) is 0 Å². The number of carbonyl (C=O) groups is 1. The predicted octanol–water partition coefficient (Wildman–Crippen LogP) is 2.64. The molecule has 0 heterocycles. The van der Waals surface area contributed by atoms with E-state index in [9.17, 15) is 9.90 Å². The molecule has 0 aliphatic carbocycles. The van der Waals surface area contributed by atoms with Gasteiger partial charge in [-0.15, -0.1) is 0 Å². The molecule has 1 aromatic carbocycles. The van der Waals surface area contributed by atoms with Crippen LogP contribution in [0.5, 0.6) is 5.75 Å². The summed E-state index contributed by atoms with van der Waals surface area (Å²) in [6, 6.07) is 4.96. The minimum absolute atomic E-state index is 0.0129. The Morgan fingerprint density at radius 2 is 2.19 bits per heavy atom. The first-order valence-electron chi connectivity index (χ1n) is 4.80. The number of halogens is 1. The molecule has 86 valence electrons. The molecule has 16 heavy (non-hydrogen) atoms. The second-order valence-corrected chi connectivity index (χ2v) is 5.03. The van der Waals surface area contributed by atoms with Crippen LogP contribution in [0.4, 0.5) is 0 Å². The Balaban J connectivity index is 2.95. The van der Waals surface area contributed by atoms with Gasteiger partial charge >= 0.3 is 0 Å². The first kappa shape index (κ1) is 13.0. The number of carbonyl (C=O) groups excluding carboxylic acids is 1. The summed E-state index contributed by atoms with van der Waals surface area (Å²) in [5, 5.41) is 9.62. The molecule has 0 saturated carbocycles. The molecule has 0 fully saturated rings. The number of rotatable bonds is 3. The molecule has 4 heteroatoms. The van der Waals surface area contributed by atoms with Crippen molar-refractivity contribution in [1.82, 2.24) is 4.90 Å². The molecule has 0 atom stereocenters. The van der Waals surface area contributed by atoms with Crippen molar-refractivity contribution in [3.63, 3.8) is 0 Å². The van der Waals surface area contributed by atoms with E-state index in [1.807, 2.05) is 6.92 Å².